The first-order valence-electron chi connectivity index (χ1n) is 4.50. The third kappa shape index (κ3) is 3.97. The Balaban J connectivity index is 4.37. The highest BCUT2D eigenvalue weighted by Gasteiger charge is 2.36. The number of carboxylic acid groups (broad SMARTS) is 1. The predicted octanol–water partition coefficient (Wildman–Crippen LogP) is -0.523. The van der Waals surface area contributed by atoms with Crippen molar-refractivity contribution in [2.75, 3.05) is 0 Å². The number of nitrogens with one attached hydrogen (secondary N) is 1. The minimum Gasteiger partial charge on any atom is -0.480 e. The van der Waals surface area contributed by atoms with Gasteiger partial charge in [-0.3, -0.25) is 14.4 Å². The van der Waals surface area contributed by atoms with Gasteiger partial charge in [0.1, 0.15) is 5.41 Å². The first-order valence-corrected chi connectivity index (χ1v) is 4.50. The molecule has 0 saturated carbocycles. The van der Waals surface area contributed by atoms with Crippen molar-refractivity contribution in [1.82, 2.24) is 5.32 Å². The van der Waals surface area contributed by atoms with Gasteiger partial charge in [0.05, 0.1) is 0 Å². The second kappa shape index (κ2) is 4.77. The summed E-state index contributed by atoms with van der Waals surface area (Å²) in [5.74, 6) is -2.40. The molecule has 0 spiro atoms. The van der Waals surface area contributed by atoms with E-state index in [-0.39, 0.29) is 6.42 Å². The first kappa shape index (κ1) is 13.4. The van der Waals surface area contributed by atoms with Gasteiger partial charge in [0.2, 0.25) is 11.8 Å². The summed E-state index contributed by atoms with van der Waals surface area (Å²) in [6, 6.07) is -0.464. The van der Waals surface area contributed by atoms with Crippen molar-refractivity contribution in [1.29, 1.82) is 0 Å². The van der Waals surface area contributed by atoms with Gasteiger partial charge in [-0.25, -0.2) is 0 Å². The van der Waals surface area contributed by atoms with E-state index in [1.54, 1.807) is 6.92 Å². The van der Waals surface area contributed by atoms with Crippen LogP contribution in [0.2, 0.25) is 0 Å². The highest BCUT2D eigenvalue weighted by atomic mass is 16.4. The maximum absolute atomic E-state index is 11.5. The molecule has 1 unspecified atom stereocenters. The van der Waals surface area contributed by atoms with Crippen molar-refractivity contribution in [2.45, 2.75) is 33.2 Å². The van der Waals surface area contributed by atoms with Crippen molar-refractivity contribution in [3.05, 3.63) is 0 Å². The molecule has 86 valence electrons. The minimum atomic E-state index is -1.51. The monoisotopic (exact) mass is 216 g/mol. The van der Waals surface area contributed by atoms with Gasteiger partial charge in [0, 0.05) is 12.5 Å². The average molecular weight is 216 g/mol. The Morgan fingerprint density at radius 2 is 1.87 bits per heavy atom. The predicted molar refractivity (Wildman–Crippen MR) is 52.8 cm³/mol. The standard InChI is InChI=1S/C9H16N2O4/c1-5(4-6(10)12)11-7(13)9(2,3)8(14)15/h5H,4H2,1-3H3,(H2,10,12)(H,11,13)(H,14,15). The van der Waals surface area contributed by atoms with Crippen LogP contribution in [-0.4, -0.2) is 28.9 Å². The van der Waals surface area contributed by atoms with E-state index in [1.165, 1.54) is 13.8 Å². The Hall–Kier alpha value is -1.59. The molecular weight excluding hydrogens is 200 g/mol. The fraction of sp³-hybridized carbons (Fsp3) is 0.667. The van der Waals surface area contributed by atoms with Crippen molar-refractivity contribution in [2.24, 2.45) is 11.1 Å². The van der Waals surface area contributed by atoms with Gasteiger partial charge in [-0.1, -0.05) is 0 Å². The Labute approximate surface area is 87.8 Å². The van der Waals surface area contributed by atoms with E-state index in [0.717, 1.165) is 0 Å². The van der Waals surface area contributed by atoms with Crippen molar-refractivity contribution >= 4 is 17.8 Å². The summed E-state index contributed by atoms with van der Waals surface area (Å²) < 4.78 is 0. The summed E-state index contributed by atoms with van der Waals surface area (Å²) in [5, 5.41) is 11.2. The molecule has 0 aliphatic carbocycles. The van der Waals surface area contributed by atoms with Gasteiger partial charge < -0.3 is 16.2 Å². The maximum atomic E-state index is 11.5. The van der Waals surface area contributed by atoms with Crippen LogP contribution in [0.15, 0.2) is 0 Å². The summed E-state index contributed by atoms with van der Waals surface area (Å²) >= 11 is 0. The minimum absolute atomic E-state index is 0.0125. The number of primary amides is 1. The van der Waals surface area contributed by atoms with E-state index in [0.29, 0.717) is 0 Å². The quantitative estimate of drug-likeness (QED) is 0.537. The smallest absolute Gasteiger partial charge is 0.318 e. The number of nitrogens with two attached hydrogens (primary N) is 1. The fourth-order valence-corrected chi connectivity index (χ4v) is 0.854. The van der Waals surface area contributed by atoms with Crippen LogP contribution in [0.3, 0.4) is 0 Å². The van der Waals surface area contributed by atoms with Crippen molar-refractivity contribution < 1.29 is 19.5 Å². The molecule has 0 aromatic rings. The van der Waals surface area contributed by atoms with E-state index in [9.17, 15) is 14.4 Å². The molecule has 0 aliphatic rings. The number of aliphatic carboxylic acids is 1. The maximum Gasteiger partial charge on any atom is 0.318 e. The van der Waals surface area contributed by atoms with Crippen LogP contribution in [0.5, 0.6) is 0 Å². The highest BCUT2D eigenvalue weighted by Crippen LogP contribution is 2.15. The zero-order chi connectivity index (χ0) is 12.2. The molecule has 0 heterocycles. The Kier molecular flexibility index (Phi) is 4.26. The largest absolute Gasteiger partial charge is 0.480 e. The summed E-state index contributed by atoms with van der Waals surface area (Å²) in [5.41, 5.74) is 3.42. The lowest BCUT2D eigenvalue weighted by atomic mass is 9.92. The molecule has 0 aromatic heterocycles. The molecule has 0 rings (SSSR count). The lowest BCUT2D eigenvalue weighted by Gasteiger charge is -2.21. The van der Waals surface area contributed by atoms with Crippen LogP contribution in [0.25, 0.3) is 0 Å². The molecule has 15 heavy (non-hydrogen) atoms. The summed E-state index contributed by atoms with van der Waals surface area (Å²) in [6.07, 6.45) is -0.0125. The third-order valence-corrected chi connectivity index (χ3v) is 1.99. The normalized spacial score (nSPS) is 13.0. The molecular formula is C9H16N2O4. The molecule has 0 bridgehead atoms. The Morgan fingerprint density at radius 1 is 1.40 bits per heavy atom. The van der Waals surface area contributed by atoms with E-state index in [1.807, 2.05) is 0 Å². The van der Waals surface area contributed by atoms with Gasteiger partial charge in [-0.2, -0.15) is 0 Å². The summed E-state index contributed by atoms with van der Waals surface area (Å²) in [7, 11) is 0. The lowest BCUT2D eigenvalue weighted by Crippen LogP contribution is -2.46. The second-order valence-corrected chi connectivity index (χ2v) is 3.98. The van der Waals surface area contributed by atoms with Gasteiger partial charge in [0.25, 0.3) is 0 Å². The second-order valence-electron chi connectivity index (χ2n) is 3.98. The van der Waals surface area contributed by atoms with Crippen LogP contribution in [0.1, 0.15) is 27.2 Å². The van der Waals surface area contributed by atoms with Crippen LogP contribution in [-0.2, 0) is 14.4 Å². The summed E-state index contributed by atoms with van der Waals surface area (Å²) in [4.78, 5) is 32.7. The number of hydrogen-bond donors (Lipinski definition) is 3. The van der Waals surface area contributed by atoms with E-state index >= 15 is 0 Å². The van der Waals surface area contributed by atoms with Crippen LogP contribution in [0.4, 0.5) is 0 Å². The number of carboxylic acids is 1. The van der Waals surface area contributed by atoms with E-state index in [4.69, 9.17) is 10.8 Å². The zero-order valence-electron chi connectivity index (χ0n) is 9.03. The molecule has 6 heteroatoms. The van der Waals surface area contributed by atoms with E-state index < -0.39 is 29.2 Å². The van der Waals surface area contributed by atoms with Gasteiger partial charge in [-0.05, 0) is 20.8 Å². The van der Waals surface area contributed by atoms with Crippen molar-refractivity contribution in [3.63, 3.8) is 0 Å². The fourth-order valence-electron chi connectivity index (χ4n) is 0.854. The average Bonchev–Trinajstić information content (AvgIpc) is 2.01. The molecule has 4 N–H and O–H groups in total. The molecule has 2 amide bonds. The number of carbonyl (C=O) groups is 3. The van der Waals surface area contributed by atoms with E-state index in [2.05, 4.69) is 5.32 Å². The Morgan fingerprint density at radius 3 is 2.20 bits per heavy atom. The number of amides is 2. The number of carbonyl (C=O) groups excluding carboxylic acids is 2. The first-order chi connectivity index (χ1) is 6.67. The van der Waals surface area contributed by atoms with Gasteiger partial charge >= 0.3 is 5.97 Å². The molecule has 0 saturated heterocycles. The number of rotatable bonds is 5. The third-order valence-electron chi connectivity index (χ3n) is 1.99. The van der Waals surface area contributed by atoms with Crippen molar-refractivity contribution in [3.8, 4) is 0 Å². The van der Waals surface area contributed by atoms with Gasteiger partial charge in [0.15, 0.2) is 0 Å². The topological polar surface area (TPSA) is 109 Å². The zero-order valence-corrected chi connectivity index (χ0v) is 9.03. The SMILES string of the molecule is CC(CC(N)=O)NC(=O)C(C)(C)C(=O)O. The van der Waals surface area contributed by atoms with Crippen LogP contribution < -0.4 is 11.1 Å². The van der Waals surface area contributed by atoms with Crippen LogP contribution >= 0.6 is 0 Å². The highest BCUT2D eigenvalue weighted by molar-refractivity contribution is 6.01. The number of hydrogen-bond acceptors (Lipinski definition) is 3. The molecule has 0 aromatic carbocycles. The van der Waals surface area contributed by atoms with Crippen LogP contribution in [0, 0.1) is 5.41 Å². The molecule has 1 atom stereocenters. The molecule has 6 nitrogen and oxygen atoms in total. The lowest BCUT2D eigenvalue weighted by molar-refractivity contribution is -0.153. The Bertz CT molecular complexity index is 286. The summed E-state index contributed by atoms with van der Waals surface area (Å²) in [6.45, 7) is 4.17. The molecule has 0 fully saturated rings. The molecule has 0 aliphatic heterocycles. The van der Waals surface area contributed by atoms with Gasteiger partial charge in [-0.15, -0.1) is 0 Å². The molecule has 0 radical (unpaired) electrons.